The van der Waals surface area contributed by atoms with Crippen molar-refractivity contribution in [3.05, 3.63) is 0 Å². The monoisotopic (exact) mass is 218 g/mol. The summed E-state index contributed by atoms with van der Waals surface area (Å²) in [5.74, 6) is 0. The van der Waals surface area contributed by atoms with Crippen LogP contribution in [0.2, 0.25) is 0 Å². The third-order valence-corrected chi connectivity index (χ3v) is 2.44. The number of hydrogen-bond acceptors (Lipinski definition) is 6. The molecule has 0 spiro atoms. The maximum absolute atomic E-state index is 6.01. The molecule has 0 rings (SSSR count). The Bertz CT molecular complexity index is 152. The molecule has 6 heteroatoms. The first kappa shape index (κ1) is 14.8. The molecular weight excluding hydrogens is 192 g/mol. The number of nitrogens with zero attached hydrogens (tertiary/aromatic N) is 1. The van der Waals surface area contributed by atoms with Gasteiger partial charge in [0.05, 0.1) is 12.3 Å². The van der Waals surface area contributed by atoms with Gasteiger partial charge < -0.3 is 28.7 Å². The van der Waals surface area contributed by atoms with E-state index in [1.807, 2.05) is 11.8 Å². The van der Waals surface area contributed by atoms with Crippen molar-refractivity contribution in [1.29, 1.82) is 0 Å². The van der Waals surface area contributed by atoms with Crippen LogP contribution in [-0.4, -0.2) is 42.9 Å². The molecule has 0 heterocycles. The highest BCUT2D eigenvalue weighted by molar-refractivity contribution is 4.78. The van der Waals surface area contributed by atoms with E-state index in [4.69, 9.17) is 28.7 Å². The summed E-state index contributed by atoms with van der Waals surface area (Å²) in [4.78, 5) is 1.94. The molecule has 0 fully saturated rings. The molecule has 6 nitrogen and oxygen atoms in total. The zero-order chi connectivity index (χ0) is 11.8. The fraction of sp³-hybridized carbons (Fsp3) is 1.00. The third kappa shape index (κ3) is 5.41. The highest BCUT2D eigenvalue weighted by Gasteiger charge is 2.22. The summed E-state index contributed by atoms with van der Waals surface area (Å²) < 4.78 is 0. The normalized spacial score (nSPS) is 17.8. The lowest BCUT2D eigenvalue weighted by molar-refractivity contribution is 0.120. The Balaban J connectivity index is 4.22. The lowest BCUT2D eigenvalue weighted by Gasteiger charge is -2.35. The zero-order valence-electron chi connectivity index (χ0n) is 9.60. The molecule has 0 saturated carbocycles. The van der Waals surface area contributed by atoms with Crippen LogP contribution >= 0.6 is 0 Å². The molecule has 3 atom stereocenters. The Morgan fingerprint density at radius 1 is 1.07 bits per heavy atom. The molecule has 0 aliphatic carbocycles. The van der Waals surface area contributed by atoms with Gasteiger partial charge in [-0.1, -0.05) is 0 Å². The topological polar surface area (TPSA) is 133 Å². The Morgan fingerprint density at radius 3 is 2.07 bits per heavy atom. The zero-order valence-corrected chi connectivity index (χ0v) is 9.60. The van der Waals surface area contributed by atoms with Crippen LogP contribution < -0.4 is 28.7 Å². The maximum Gasteiger partial charge on any atom is 0.0738 e. The van der Waals surface area contributed by atoms with E-state index in [-0.39, 0.29) is 18.4 Å². The largest absolute Gasteiger partial charge is 0.330 e. The molecule has 92 valence electrons. The molecule has 0 aromatic carbocycles. The highest BCUT2D eigenvalue weighted by atomic mass is 15.3. The lowest BCUT2D eigenvalue weighted by Crippen LogP contribution is -2.59. The van der Waals surface area contributed by atoms with Gasteiger partial charge in [-0.3, -0.25) is 4.90 Å². The van der Waals surface area contributed by atoms with Gasteiger partial charge in [0, 0.05) is 19.1 Å². The summed E-state index contributed by atoms with van der Waals surface area (Å²) in [5.41, 5.74) is 28.7. The smallest absolute Gasteiger partial charge is 0.0738 e. The molecule has 0 radical (unpaired) electrons. The van der Waals surface area contributed by atoms with Crippen LogP contribution in [0, 0.1) is 0 Å². The van der Waals surface area contributed by atoms with Crippen molar-refractivity contribution in [3.63, 3.8) is 0 Å². The molecule has 0 amide bonds. The Morgan fingerprint density at radius 2 is 1.67 bits per heavy atom. The fourth-order valence-corrected chi connectivity index (χ4v) is 1.48. The van der Waals surface area contributed by atoms with Crippen molar-refractivity contribution >= 4 is 0 Å². The fourth-order valence-electron chi connectivity index (χ4n) is 1.48. The average molecular weight is 218 g/mol. The van der Waals surface area contributed by atoms with Gasteiger partial charge in [0.25, 0.3) is 0 Å². The maximum atomic E-state index is 6.01. The van der Waals surface area contributed by atoms with Crippen molar-refractivity contribution in [2.75, 3.05) is 19.6 Å². The minimum atomic E-state index is -0.249. The van der Waals surface area contributed by atoms with Crippen molar-refractivity contribution in [2.45, 2.75) is 38.1 Å². The average Bonchev–Trinajstić information content (AvgIpc) is 2.21. The lowest BCUT2D eigenvalue weighted by atomic mass is 10.2. The van der Waals surface area contributed by atoms with Crippen molar-refractivity contribution in [1.82, 2.24) is 4.90 Å². The quantitative estimate of drug-likeness (QED) is 0.296. The van der Waals surface area contributed by atoms with E-state index in [1.165, 1.54) is 0 Å². The molecule has 0 aromatic heterocycles. The third-order valence-electron chi connectivity index (χ3n) is 2.44. The van der Waals surface area contributed by atoms with Crippen LogP contribution in [0.25, 0.3) is 0 Å². The second-order valence-corrected chi connectivity index (χ2v) is 3.87. The van der Waals surface area contributed by atoms with Crippen LogP contribution in [0.3, 0.4) is 0 Å². The summed E-state index contributed by atoms with van der Waals surface area (Å²) in [7, 11) is 0. The van der Waals surface area contributed by atoms with Gasteiger partial charge in [-0.15, -0.1) is 0 Å². The van der Waals surface area contributed by atoms with Gasteiger partial charge in [-0.2, -0.15) is 0 Å². The summed E-state index contributed by atoms with van der Waals surface area (Å²) in [5, 5.41) is 0. The van der Waals surface area contributed by atoms with E-state index in [0.29, 0.717) is 19.6 Å². The standard InChI is InChI=1S/C9H26N6/c1-7(12)9(14)15(6-5-11)8(13)3-2-4-10/h7-9H,2-6,10-14H2,1H3. The Hall–Kier alpha value is -0.240. The first-order valence-electron chi connectivity index (χ1n) is 5.47. The van der Waals surface area contributed by atoms with Crippen molar-refractivity contribution < 1.29 is 0 Å². The molecule has 0 aliphatic rings. The summed E-state index contributed by atoms with van der Waals surface area (Å²) in [6.07, 6.45) is 1.34. The minimum absolute atomic E-state index is 0.113. The van der Waals surface area contributed by atoms with Gasteiger partial charge in [0.1, 0.15) is 0 Å². The van der Waals surface area contributed by atoms with Crippen LogP contribution in [0.5, 0.6) is 0 Å². The SMILES string of the molecule is CC(N)C(N)N(CCN)C(N)CCCN. The van der Waals surface area contributed by atoms with Crippen LogP contribution in [-0.2, 0) is 0 Å². The molecular formula is C9H26N6. The molecule has 0 aliphatic heterocycles. The van der Waals surface area contributed by atoms with Crippen LogP contribution in [0.4, 0.5) is 0 Å². The molecule has 0 bridgehead atoms. The summed E-state index contributed by atoms with van der Waals surface area (Å²) in [6, 6.07) is -0.125. The van der Waals surface area contributed by atoms with E-state index in [2.05, 4.69) is 0 Å². The number of rotatable bonds is 8. The predicted molar refractivity (Wildman–Crippen MR) is 63.6 cm³/mol. The summed E-state index contributed by atoms with van der Waals surface area (Å²) >= 11 is 0. The second-order valence-electron chi connectivity index (χ2n) is 3.87. The van der Waals surface area contributed by atoms with E-state index in [0.717, 1.165) is 12.8 Å². The van der Waals surface area contributed by atoms with Crippen LogP contribution in [0.1, 0.15) is 19.8 Å². The Kier molecular flexibility index (Phi) is 7.85. The van der Waals surface area contributed by atoms with E-state index in [1.54, 1.807) is 0 Å². The number of nitrogens with two attached hydrogens (primary N) is 5. The first-order valence-corrected chi connectivity index (χ1v) is 5.47. The van der Waals surface area contributed by atoms with Gasteiger partial charge in [-0.25, -0.2) is 0 Å². The molecule has 15 heavy (non-hydrogen) atoms. The van der Waals surface area contributed by atoms with Gasteiger partial charge in [0.2, 0.25) is 0 Å². The van der Waals surface area contributed by atoms with Crippen molar-refractivity contribution in [2.24, 2.45) is 28.7 Å². The van der Waals surface area contributed by atoms with Gasteiger partial charge in [-0.05, 0) is 26.3 Å². The molecule has 10 N–H and O–H groups in total. The minimum Gasteiger partial charge on any atom is -0.330 e. The van der Waals surface area contributed by atoms with E-state index in [9.17, 15) is 0 Å². The van der Waals surface area contributed by atoms with E-state index < -0.39 is 0 Å². The van der Waals surface area contributed by atoms with Crippen LogP contribution in [0.15, 0.2) is 0 Å². The molecule has 3 unspecified atom stereocenters. The first-order chi connectivity index (χ1) is 7.04. The van der Waals surface area contributed by atoms with Crippen molar-refractivity contribution in [3.8, 4) is 0 Å². The molecule has 0 aromatic rings. The van der Waals surface area contributed by atoms with E-state index >= 15 is 0 Å². The second kappa shape index (κ2) is 7.98. The van der Waals surface area contributed by atoms with Gasteiger partial charge >= 0.3 is 0 Å². The molecule has 0 saturated heterocycles. The summed E-state index contributed by atoms with van der Waals surface area (Å²) in [6.45, 7) is 3.69. The predicted octanol–water partition coefficient (Wildman–Crippen LogP) is -2.10. The van der Waals surface area contributed by atoms with Gasteiger partial charge in [0.15, 0.2) is 0 Å². The number of hydrogen-bond donors (Lipinski definition) is 5. The highest BCUT2D eigenvalue weighted by Crippen LogP contribution is 2.05. The Labute approximate surface area is 92.1 Å².